The number of rotatable bonds is 4. The van der Waals surface area contributed by atoms with Crippen molar-refractivity contribution in [3.05, 3.63) is 0 Å². The molecule has 4 N–H and O–H groups in total. The molecule has 0 atom stereocenters. The fourth-order valence-corrected chi connectivity index (χ4v) is 0.358. The Labute approximate surface area is 54.8 Å². The highest BCUT2D eigenvalue weighted by Gasteiger charge is 1.91. The second-order valence-electron chi connectivity index (χ2n) is 1.58. The van der Waals surface area contributed by atoms with Gasteiger partial charge in [0.05, 0.1) is 13.2 Å². The van der Waals surface area contributed by atoms with Crippen LogP contribution in [-0.4, -0.2) is 25.7 Å². The van der Waals surface area contributed by atoms with Crippen molar-refractivity contribution in [3.8, 4) is 0 Å². The van der Waals surface area contributed by atoms with Gasteiger partial charge in [-0.25, -0.2) is 0 Å². The van der Waals surface area contributed by atoms with E-state index in [1.807, 2.05) is 6.92 Å². The Bertz CT molecular complexity index is 84.3. The highest BCUT2D eigenvalue weighted by Crippen LogP contribution is 1.56. The summed E-state index contributed by atoms with van der Waals surface area (Å²) in [6.45, 7) is 3.39. The second kappa shape index (κ2) is 5.53. The SMILES string of the molecule is CCNCNC(=O)CN. The van der Waals surface area contributed by atoms with Gasteiger partial charge in [0.15, 0.2) is 0 Å². The Kier molecular flexibility index (Phi) is 5.15. The molecule has 0 heterocycles. The van der Waals surface area contributed by atoms with Crippen LogP contribution in [0.1, 0.15) is 6.92 Å². The lowest BCUT2D eigenvalue weighted by Crippen LogP contribution is -2.37. The maximum Gasteiger partial charge on any atom is 0.234 e. The van der Waals surface area contributed by atoms with Gasteiger partial charge in [0.2, 0.25) is 5.91 Å². The highest BCUT2D eigenvalue weighted by atomic mass is 16.1. The predicted octanol–water partition coefficient (Wildman–Crippen LogP) is -1.37. The minimum Gasteiger partial charge on any atom is -0.342 e. The van der Waals surface area contributed by atoms with E-state index in [1.165, 1.54) is 0 Å². The van der Waals surface area contributed by atoms with E-state index in [9.17, 15) is 4.79 Å². The largest absolute Gasteiger partial charge is 0.342 e. The summed E-state index contributed by atoms with van der Waals surface area (Å²) in [6, 6.07) is 0. The van der Waals surface area contributed by atoms with Crippen molar-refractivity contribution >= 4 is 5.91 Å². The first-order chi connectivity index (χ1) is 4.31. The molecule has 0 saturated heterocycles. The van der Waals surface area contributed by atoms with Crippen molar-refractivity contribution in [2.24, 2.45) is 5.73 Å². The molecule has 1 amide bonds. The Morgan fingerprint density at radius 3 is 2.78 bits per heavy atom. The molecule has 4 heteroatoms. The van der Waals surface area contributed by atoms with E-state index in [0.29, 0.717) is 6.67 Å². The standard InChI is InChI=1S/C5H13N3O/c1-2-7-4-8-5(9)3-6/h7H,2-4,6H2,1H3,(H,8,9). The van der Waals surface area contributed by atoms with Gasteiger partial charge in [0.25, 0.3) is 0 Å². The minimum absolute atomic E-state index is 0.0609. The molecule has 0 radical (unpaired) electrons. The maximum atomic E-state index is 10.4. The van der Waals surface area contributed by atoms with Crippen LogP contribution >= 0.6 is 0 Å². The van der Waals surface area contributed by atoms with Gasteiger partial charge in [-0.2, -0.15) is 0 Å². The molecule has 9 heavy (non-hydrogen) atoms. The smallest absolute Gasteiger partial charge is 0.234 e. The fraction of sp³-hybridized carbons (Fsp3) is 0.800. The molecule has 54 valence electrons. The molecule has 0 aromatic rings. The molecule has 0 fully saturated rings. The molecule has 0 aromatic heterocycles. The van der Waals surface area contributed by atoms with E-state index in [2.05, 4.69) is 10.6 Å². The quantitative estimate of drug-likeness (QED) is 0.326. The van der Waals surface area contributed by atoms with Gasteiger partial charge in [-0.3, -0.25) is 4.79 Å². The molecule has 0 aromatic carbocycles. The van der Waals surface area contributed by atoms with Crippen LogP contribution in [0.15, 0.2) is 0 Å². The van der Waals surface area contributed by atoms with Crippen LogP contribution in [0.25, 0.3) is 0 Å². The molecule has 0 rings (SSSR count). The van der Waals surface area contributed by atoms with Gasteiger partial charge >= 0.3 is 0 Å². The summed E-state index contributed by atoms with van der Waals surface area (Å²) >= 11 is 0. The molecule has 0 saturated carbocycles. The zero-order chi connectivity index (χ0) is 7.11. The van der Waals surface area contributed by atoms with Crippen LogP contribution in [0.4, 0.5) is 0 Å². The van der Waals surface area contributed by atoms with Gasteiger partial charge in [-0.15, -0.1) is 0 Å². The lowest BCUT2D eigenvalue weighted by atomic mass is 10.6. The van der Waals surface area contributed by atoms with Crippen molar-refractivity contribution in [1.29, 1.82) is 0 Å². The molecule has 0 spiro atoms. The first kappa shape index (κ1) is 8.39. The number of carbonyl (C=O) groups excluding carboxylic acids is 1. The molecule has 0 aliphatic carbocycles. The van der Waals surface area contributed by atoms with E-state index >= 15 is 0 Å². The summed E-state index contributed by atoms with van der Waals surface area (Å²) in [5, 5.41) is 5.48. The fourth-order valence-electron chi connectivity index (χ4n) is 0.358. The van der Waals surface area contributed by atoms with E-state index in [0.717, 1.165) is 6.54 Å². The van der Waals surface area contributed by atoms with Crippen LogP contribution in [-0.2, 0) is 4.79 Å². The topological polar surface area (TPSA) is 67.1 Å². The maximum absolute atomic E-state index is 10.4. The molecule has 0 aliphatic rings. The Balaban J connectivity index is 2.97. The molecule has 0 aliphatic heterocycles. The summed E-state index contributed by atoms with van der Waals surface area (Å²) in [5.41, 5.74) is 5.01. The van der Waals surface area contributed by atoms with Crippen LogP contribution < -0.4 is 16.4 Å². The first-order valence-corrected chi connectivity index (χ1v) is 2.98. The summed E-state index contributed by atoms with van der Waals surface area (Å²) < 4.78 is 0. The number of nitrogens with one attached hydrogen (secondary N) is 2. The summed E-state index contributed by atoms with van der Waals surface area (Å²) in [7, 11) is 0. The van der Waals surface area contributed by atoms with E-state index in [-0.39, 0.29) is 12.5 Å². The number of hydrogen-bond donors (Lipinski definition) is 3. The molecular formula is C5H13N3O. The monoisotopic (exact) mass is 131 g/mol. The number of amides is 1. The lowest BCUT2D eigenvalue weighted by Gasteiger charge is -2.01. The van der Waals surface area contributed by atoms with Crippen LogP contribution in [0.3, 0.4) is 0 Å². The number of carbonyl (C=O) groups is 1. The molecular weight excluding hydrogens is 118 g/mol. The van der Waals surface area contributed by atoms with Gasteiger partial charge in [0, 0.05) is 0 Å². The summed E-state index contributed by atoms with van der Waals surface area (Å²) in [6.07, 6.45) is 0. The van der Waals surface area contributed by atoms with Crippen LogP contribution in [0.2, 0.25) is 0 Å². The van der Waals surface area contributed by atoms with Crippen molar-refractivity contribution in [1.82, 2.24) is 10.6 Å². The Morgan fingerprint density at radius 2 is 2.33 bits per heavy atom. The van der Waals surface area contributed by atoms with E-state index in [4.69, 9.17) is 5.73 Å². The predicted molar refractivity (Wildman–Crippen MR) is 35.7 cm³/mol. The lowest BCUT2D eigenvalue weighted by molar-refractivity contribution is -0.119. The highest BCUT2D eigenvalue weighted by molar-refractivity contribution is 5.77. The average molecular weight is 131 g/mol. The second-order valence-corrected chi connectivity index (χ2v) is 1.58. The molecule has 0 bridgehead atoms. The molecule has 4 nitrogen and oxygen atoms in total. The van der Waals surface area contributed by atoms with Crippen LogP contribution in [0, 0.1) is 0 Å². The number of hydrogen-bond acceptors (Lipinski definition) is 3. The first-order valence-electron chi connectivity index (χ1n) is 2.98. The van der Waals surface area contributed by atoms with Crippen LogP contribution in [0.5, 0.6) is 0 Å². The number of nitrogens with two attached hydrogens (primary N) is 1. The minimum atomic E-state index is -0.129. The summed E-state index contributed by atoms with van der Waals surface area (Å²) in [5.74, 6) is -0.129. The van der Waals surface area contributed by atoms with Crippen molar-refractivity contribution in [3.63, 3.8) is 0 Å². The average Bonchev–Trinajstić information content (AvgIpc) is 1.89. The van der Waals surface area contributed by atoms with Gasteiger partial charge in [-0.1, -0.05) is 6.92 Å². The Morgan fingerprint density at radius 1 is 1.67 bits per heavy atom. The normalized spacial score (nSPS) is 9.11. The van der Waals surface area contributed by atoms with Gasteiger partial charge in [-0.05, 0) is 6.54 Å². The van der Waals surface area contributed by atoms with Crippen molar-refractivity contribution < 1.29 is 4.79 Å². The zero-order valence-corrected chi connectivity index (χ0v) is 5.61. The third-order valence-corrected chi connectivity index (χ3v) is 0.846. The van der Waals surface area contributed by atoms with Crippen molar-refractivity contribution in [2.45, 2.75) is 6.92 Å². The molecule has 0 unspecified atom stereocenters. The zero-order valence-electron chi connectivity index (χ0n) is 5.61. The van der Waals surface area contributed by atoms with E-state index < -0.39 is 0 Å². The Hall–Kier alpha value is -0.610. The van der Waals surface area contributed by atoms with Gasteiger partial charge in [0.1, 0.15) is 0 Å². The van der Waals surface area contributed by atoms with Gasteiger partial charge < -0.3 is 16.4 Å². The van der Waals surface area contributed by atoms with Crippen molar-refractivity contribution in [2.75, 3.05) is 19.8 Å². The third-order valence-electron chi connectivity index (χ3n) is 0.846. The summed E-state index contributed by atoms with van der Waals surface area (Å²) in [4.78, 5) is 10.4. The third kappa shape index (κ3) is 5.26. The van der Waals surface area contributed by atoms with E-state index in [1.54, 1.807) is 0 Å².